The first-order chi connectivity index (χ1) is 15.6. The number of benzene rings is 2. The van der Waals surface area contributed by atoms with E-state index in [9.17, 15) is 22.0 Å². The number of thioether (sulfide) groups is 1. The number of nitrogens with two attached hydrogens (primary N) is 1. The molecule has 0 aliphatic heterocycles. The second kappa shape index (κ2) is 8.73. The zero-order chi connectivity index (χ0) is 23.9. The smallest absolute Gasteiger partial charge is 0.318 e. The van der Waals surface area contributed by atoms with Gasteiger partial charge in [-0.2, -0.15) is 8.78 Å². The second-order valence-corrected chi connectivity index (χ2v) is 9.91. The Labute approximate surface area is 193 Å². The molecular formula is C22H20F2N4O3S2. The average molecular weight is 491 g/mol. The van der Waals surface area contributed by atoms with Crippen LogP contribution in [0.1, 0.15) is 28.3 Å². The highest BCUT2D eigenvalue weighted by Gasteiger charge is 2.21. The van der Waals surface area contributed by atoms with Crippen LogP contribution in [0.15, 0.2) is 64.6 Å². The number of carbonyl (C=O) groups excluding carboxylic acids is 1. The Kier molecular flexibility index (Phi) is 6.12. The van der Waals surface area contributed by atoms with E-state index < -0.39 is 16.6 Å². The summed E-state index contributed by atoms with van der Waals surface area (Å²) in [6.07, 6.45) is 0. The van der Waals surface area contributed by atoms with Gasteiger partial charge in [-0.05, 0) is 56.3 Å². The molecule has 33 heavy (non-hydrogen) atoms. The second-order valence-electron chi connectivity index (χ2n) is 7.40. The van der Waals surface area contributed by atoms with Gasteiger partial charge < -0.3 is 4.57 Å². The van der Waals surface area contributed by atoms with Crippen molar-refractivity contribution in [3.8, 4) is 5.69 Å². The third-order valence-corrected chi connectivity index (χ3v) is 7.13. The minimum absolute atomic E-state index is 0.0108. The largest absolute Gasteiger partial charge is 0.321 e. The zero-order valence-electron chi connectivity index (χ0n) is 17.7. The van der Waals surface area contributed by atoms with E-state index in [-0.39, 0.29) is 21.6 Å². The van der Waals surface area contributed by atoms with Crippen LogP contribution in [-0.4, -0.2) is 34.1 Å². The number of hydrogen-bond donors (Lipinski definition) is 1. The Bertz CT molecular complexity index is 1460. The van der Waals surface area contributed by atoms with Crippen molar-refractivity contribution >= 4 is 38.6 Å². The molecule has 0 amide bonds. The predicted molar refractivity (Wildman–Crippen MR) is 123 cm³/mol. The SMILES string of the molecule is Cc1cc(C(=O)CSc2nc3ccccc3n2C(F)F)c(C)n1-c1ccc(S(N)(=O)=O)cc1. The van der Waals surface area contributed by atoms with Gasteiger partial charge in [-0.3, -0.25) is 9.36 Å². The summed E-state index contributed by atoms with van der Waals surface area (Å²) >= 11 is 0.961. The highest BCUT2D eigenvalue weighted by atomic mass is 32.2. The summed E-state index contributed by atoms with van der Waals surface area (Å²) in [4.78, 5) is 17.2. The lowest BCUT2D eigenvalue weighted by atomic mass is 10.2. The van der Waals surface area contributed by atoms with E-state index in [0.29, 0.717) is 28.0 Å². The van der Waals surface area contributed by atoms with Crippen molar-refractivity contribution in [3.05, 3.63) is 71.5 Å². The first-order valence-corrected chi connectivity index (χ1v) is 12.3. The number of Topliss-reactive ketones (excluding diaryl/α,β-unsaturated/α-hetero) is 1. The topological polar surface area (TPSA) is 100.0 Å². The zero-order valence-corrected chi connectivity index (χ0v) is 19.3. The maximum absolute atomic E-state index is 13.6. The number of aryl methyl sites for hydroxylation is 1. The minimum Gasteiger partial charge on any atom is -0.318 e. The van der Waals surface area contributed by atoms with Crippen molar-refractivity contribution in [2.24, 2.45) is 5.14 Å². The lowest BCUT2D eigenvalue weighted by Gasteiger charge is -2.11. The van der Waals surface area contributed by atoms with E-state index in [4.69, 9.17) is 5.14 Å². The van der Waals surface area contributed by atoms with Crippen molar-refractivity contribution in [1.82, 2.24) is 14.1 Å². The van der Waals surface area contributed by atoms with E-state index in [1.54, 1.807) is 49.4 Å². The number of imidazole rings is 1. The lowest BCUT2D eigenvalue weighted by Crippen LogP contribution is -2.12. The molecule has 0 aliphatic carbocycles. The van der Waals surface area contributed by atoms with Crippen LogP contribution in [0.3, 0.4) is 0 Å². The molecule has 2 aromatic heterocycles. The van der Waals surface area contributed by atoms with E-state index in [1.165, 1.54) is 12.1 Å². The molecule has 0 saturated carbocycles. The summed E-state index contributed by atoms with van der Waals surface area (Å²) in [5.41, 5.74) is 3.30. The van der Waals surface area contributed by atoms with Crippen molar-refractivity contribution < 1.29 is 22.0 Å². The molecule has 2 N–H and O–H groups in total. The van der Waals surface area contributed by atoms with E-state index in [2.05, 4.69) is 4.98 Å². The summed E-state index contributed by atoms with van der Waals surface area (Å²) in [6, 6.07) is 14.3. The molecule has 0 spiro atoms. The third kappa shape index (κ3) is 4.43. The molecule has 4 aromatic rings. The molecule has 172 valence electrons. The highest BCUT2D eigenvalue weighted by molar-refractivity contribution is 7.99. The molecule has 11 heteroatoms. The summed E-state index contributed by atoms with van der Waals surface area (Å²) < 4.78 is 52.9. The number of ketones is 1. The number of nitrogens with zero attached hydrogens (tertiary/aromatic N) is 3. The Morgan fingerprint density at radius 3 is 2.42 bits per heavy atom. The molecular weight excluding hydrogens is 470 g/mol. The van der Waals surface area contributed by atoms with Gasteiger partial charge in [0.15, 0.2) is 10.9 Å². The monoisotopic (exact) mass is 490 g/mol. The summed E-state index contributed by atoms with van der Waals surface area (Å²) in [7, 11) is -3.81. The van der Waals surface area contributed by atoms with Crippen molar-refractivity contribution in [1.29, 1.82) is 0 Å². The van der Waals surface area contributed by atoms with Crippen molar-refractivity contribution in [2.45, 2.75) is 30.4 Å². The maximum Gasteiger partial charge on any atom is 0.321 e. The van der Waals surface area contributed by atoms with E-state index in [1.807, 2.05) is 11.5 Å². The number of sulfonamides is 1. The number of rotatable bonds is 7. The van der Waals surface area contributed by atoms with Gasteiger partial charge in [-0.1, -0.05) is 23.9 Å². The van der Waals surface area contributed by atoms with Gasteiger partial charge in [0.05, 0.1) is 21.7 Å². The maximum atomic E-state index is 13.6. The molecule has 0 aliphatic rings. The molecule has 0 fully saturated rings. The van der Waals surface area contributed by atoms with E-state index in [0.717, 1.165) is 22.0 Å². The van der Waals surface area contributed by atoms with Gasteiger partial charge >= 0.3 is 6.55 Å². The van der Waals surface area contributed by atoms with Gasteiger partial charge in [0.1, 0.15) is 0 Å². The van der Waals surface area contributed by atoms with Crippen LogP contribution in [0.4, 0.5) is 8.78 Å². The molecule has 0 unspecified atom stereocenters. The van der Waals surface area contributed by atoms with Crippen LogP contribution in [-0.2, 0) is 10.0 Å². The van der Waals surface area contributed by atoms with Crippen LogP contribution in [0.25, 0.3) is 16.7 Å². The summed E-state index contributed by atoms with van der Waals surface area (Å²) in [5.74, 6) is -0.293. The fraction of sp³-hybridized carbons (Fsp3) is 0.182. The van der Waals surface area contributed by atoms with E-state index >= 15 is 0 Å². The van der Waals surface area contributed by atoms with Crippen molar-refractivity contribution in [3.63, 3.8) is 0 Å². The summed E-state index contributed by atoms with van der Waals surface area (Å²) in [6.45, 7) is 0.813. The lowest BCUT2D eigenvalue weighted by molar-refractivity contribution is 0.0656. The average Bonchev–Trinajstić information content (AvgIpc) is 3.28. The Morgan fingerprint density at radius 2 is 1.79 bits per heavy atom. The Morgan fingerprint density at radius 1 is 1.12 bits per heavy atom. The number of aromatic nitrogens is 3. The van der Waals surface area contributed by atoms with Crippen LogP contribution in [0.2, 0.25) is 0 Å². The number of fused-ring (bicyclic) bond motifs is 1. The van der Waals surface area contributed by atoms with Crippen LogP contribution in [0.5, 0.6) is 0 Å². The quantitative estimate of drug-likeness (QED) is 0.305. The van der Waals surface area contributed by atoms with Crippen LogP contribution >= 0.6 is 11.8 Å². The number of alkyl halides is 2. The summed E-state index contributed by atoms with van der Waals surface area (Å²) in [5, 5.41) is 5.22. The first kappa shape index (κ1) is 23.1. The fourth-order valence-corrected chi connectivity index (χ4v) is 5.16. The number of primary sulfonamides is 1. The highest BCUT2D eigenvalue weighted by Crippen LogP contribution is 2.30. The molecule has 4 rings (SSSR count). The predicted octanol–water partition coefficient (Wildman–Crippen LogP) is 4.46. The van der Waals surface area contributed by atoms with Crippen LogP contribution < -0.4 is 5.14 Å². The van der Waals surface area contributed by atoms with Crippen molar-refractivity contribution in [2.75, 3.05) is 5.75 Å². The van der Waals surface area contributed by atoms with Gasteiger partial charge in [0.25, 0.3) is 0 Å². The molecule has 0 saturated heterocycles. The number of para-hydroxylation sites is 2. The number of carbonyl (C=O) groups is 1. The molecule has 0 radical (unpaired) electrons. The number of halogens is 2. The Hall–Kier alpha value is -3.02. The Balaban J connectivity index is 1.59. The third-order valence-electron chi connectivity index (χ3n) is 5.25. The molecule has 0 bridgehead atoms. The molecule has 2 heterocycles. The fourth-order valence-electron chi connectivity index (χ4n) is 3.75. The first-order valence-electron chi connectivity index (χ1n) is 9.81. The molecule has 7 nitrogen and oxygen atoms in total. The molecule has 2 aromatic carbocycles. The standard InChI is InChI=1S/C22H20F2N4O3S2/c1-13-11-17(14(2)27(13)15-7-9-16(10-8-15)33(25,30)31)20(29)12-32-22-26-18-5-3-4-6-19(18)28(22)21(23)24/h3-11,21H,12H2,1-2H3,(H2,25,30,31). The van der Waals surface area contributed by atoms with Crippen LogP contribution in [0, 0.1) is 13.8 Å². The number of hydrogen-bond acceptors (Lipinski definition) is 5. The minimum atomic E-state index is -3.81. The van der Waals surface area contributed by atoms with Gasteiger partial charge in [0, 0.05) is 22.6 Å². The molecule has 0 atom stereocenters. The van der Waals surface area contributed by atoms with Gasteiger partial charge in [-0.25, -0.2) is 18.5 Å². The normalized spacial score (nSPS) is 12.1. The van der Waals surface area contributed by atoms with Gasteiger partial charge in [-0.15, -0.1) is 0 Å². The van der Waals surface area contributed by atoms with Gasteiger partial charge in [0.2, 0.25) is 10.0 Å².